The maximum absolute atomic E-state index is 12.7. The lowest BCUT2D eigenvalue weighted by Gasteiger charge is -2.22. The predicted octanol–water partition coefficient (Wildman–Crippen LogP) is 5.39. The van der Waals surface area contributed by atoms with Crippen LogP contribution >= 0.6 is 0 Å². The van der Waals surface area contributed by atoms with Gasteiger partial charge in [0.25, 0.3) is 0 Å². The number of hydrogen-bond acceptors (Lipinski definition) is 3. The lowest BCUT2D eigenvalue weighted by molar-refractivity contribution is -0.122. The summed E-state index contributed by atoms with van der Waals surface area (Å²) in [5.74, 6) is 1.35. The van der Waals surface area contributed by atoms with Crippen LogP contribution in [-0.2, 0) is 4.79 Å². The number of unbranched alkanes of at least 4 members (excludes halogenated alkanes) is 3. The first-order valence-electron chi connectivity index (χ1n) is 11.5. The first kappa shape index (κ1) is 23.3. The Morgan fingerprint density at radius 3 is 2.68 bits per heavy atom. The van der Waals surface area contributed by atoms with Crippen LogP contribution in [0.25, 0.3) is 0 Å². The van der Waals surface area contributed by atoms with Gasteiger partial charge in [0.1, 0.15) is 0 Å². The van der Waals surface area contributed by atoms with Gasteiger partial charge in [-0.05, 0) is 77.1 Å². The van der Waals surface area contributed by atoms with E-state index in [9.17, 15) is 9.90 Å². The molecule has 0 aromatic rings. The molecule has 0 saturated heterocycles. The Balaban J connectivity index is 1.84. The Morgan fingerprint density at radius 1 is 1.25 bits per heavy atom. The number of carbonyl (C=O) groups is 1. The van der Waals surface area contributed by atoms with Crippen LogP contribution < -0.4 is 0 Å². The Morgan fingerprint density at radius 2 is 2.00 bits per heavy atom. The molecule has 0 spiro atoms. The number of nitrogens with zero attached hydrogens (tertiary/aromatic N) is 1. The molecule has 1 fully saturated rings. The van der Waals surface area contributed by atoms with Crippen LogP contribution in [-0.4, -0.2) is 42.5 Å². The minimum absolute atomic E-state index is 0.137. The van der Waals surface area contributed by atoms with Crippen LogP contribution in [0.5, 0.6) is 0 Å². The summed E-state index contributed by atoms with van der Waals surface area (Å²) in [6.45, 7) is 7.44. The van der Waals surface area contributed by atoms with Gasteiger partial charge in [-0.15, -0.1) is 0 Å². The van der Waals surface area contributed by atoms with Crippen LogP contribution in [0.3, 0.4) is 0 Å². The van der Waals surface area contributed by atoms with Crippen LogP contribution in [0.15, 0.2) is 23.8 Å². The second-order valence-electron chi connectivity index (χ2n) is 10.1. The molecule has 28 heavy (non-hydrogen) atoms. The van der Waals surface area contributed by atoms with Crippen molar-refractivity contribution in [1.82, 2.24) is 4.90 Å². The molecule has 0 radical (unpaired) electrons. The van der Waals surface area contributed by atoms with E-state index in [1.807, 2.05) is 6.08 Å². The number of allylic oxidation sites excluding steroid dienone is 3. The molecule has 1 N–H and O–H groups in total. The van der Waals surface area contributed by atoms with E-state index in [2.05, 4.69) is 45.8 Å². The summed E-state index contributed by atoms with van der Waals surface area (Å²) in [4.78, 5) is 14.9. The lowest BCUT2D eigenvalue weighted by atomic mass is 9.81. The van der Waals surface area contributed by atoms with Crippen molar-refractivity contribution in [2.75, 3.05) is 20.6 Å². The Labute approximate surface area is 173 Å². The maximum Gasteiger partial charge on any atom is 0.160 e. The molecular formula is C25H43NO2. The van der Waals surface area contributed by atoms with Gasteiger partial charge in [0.05, 0.1) is 6.10 Å². The molecule has 0 aromatic carbocycles. The second-order valence-corrected chi connectivity index (χ2v) is 10.1. The zero-order valence-corrected chi connectivity index (χ0v) is 18.9. The minimum atomic E-state index is -0.296. The SMILES string of the molecule is CCCCC(C)(C)C(=O)C=C[C@@H]1[C@H]2CC(CCCCCN(C)C)=C[C@H]2C[C@H]1O. The molecule has 0 aromatic heterocycles. The summed E-state index contributed by atoms with van der Waals surface area (Å²) in [5, 5.41) is 10.5. The average Bonchev–Trinajstić information content (AvgIpc) is 3.13. The minimum Gasteiger partial charge on any atom is -0.392 e. The molecule has 4 atom stereocenters. The number of fused-ring (bicyclic) bond motifs is 1. The molecule has 0 amide bonds. The van der Waals surface area contributed by atoms with Crippen molar-refractivity contribution in [3.8, 4) is 0 Å². The molecule has 0 aliphatic heterocycles. The number of carbonyl (C=O) groups excluding carboxylic acids is 1. The van der Waals surface area contributed by atoms with Gasteiger partial charge in [0, 0.05) is 11.3 Å². The Bertz CT molecular complexity index is 561. The summed E-state index contributed by atoms with van der Waals surface area (Å²) in [6.07, 6.45) is 16.1. The van der Waals surface area contributed by atoms with Crippen molar-refractivity contribution in [3.63, 3.8) is 0 Å². The third-order valence-electron chi connectivity index (χ3n) is 6.85. The fourth-order valence-electron chi connectivity index (χ4n) is 4.91. The molecule has 0 unspecified atom stereocenters. The monoisotopic (exact) mass is 389 g/mol. The fourth-order valence-corrected chi connectivity index (χ4v) is 4.91. The van der Waals surface area contributed by atoms with Crippen LogP contribution in [0.4, 0.5) is 0 Å². The number of hydrogen-bond donors (Lipinski definition) is 1. The van der Waals surface area contributed by atoms with Gasteiger partial charge in [-0.3, -0.25) is 4.79 Å². The van der Waals surface area contributed by atoms with Crippen molar-refractivity contribution < 1.29 is 9.90 Å². The van der Waals surface area contributed by atoms with Crippen LogP contribution in [0.2, 0.25) is 0 Å². The van der Waals surface area contributed by atoms with Crippen molar-refractivity contribution >= 4 is 5.78 Å². The van der Waals surface area contributed by atoms with Gasteiger partial charge in [-0.2, -0.15) is 0 Å². The van der Waals surface area contributed by atoms with Gasteiger partial charge in [-0.25, -0.2) is 0 Å². The molecule has 2 aliphatic rings. The molecule has 3 nitrogen and oxygen atoms in total. The van der Waals surface area contributed by atoms with Crippen LogP contribution in [0, 0.1) is 23.2 Å². The highest BCUT2D eigenvalue weighted by Gasteiger charge is 2.43. The van der Waals surface area contributed by atoms with Crippen molar-refractivity contribution in [3.05, 3.63) is 23.8 Å². The quantitative estimate of drug-likeness (QED) is 0.276. The standard InChI is InChI=1S/C25H43NO2/c1-6-7-14-25(2,3)24(28)13-12-21-22-17-19(16-20(22)18-23(21)27)11-9-8-10-15-26(4)5/h12-13,16,20-23,27H,6-11,14-15,17-18H2,1-5H3/t20-,21+,22-,23+/m0/s1. The molecule has 160 valence electrons. The van der Waals surface area contributed by atoms with Crippen molar-refractivity contribution in [2.45, 2.75) is 84.7 Å². The molecule has 2 rings (SSSR count). The average molecular weight is 390 g/mol. The fraction of sp³-hybridized carbons (Fsp3) is 0.800. The first-order chi connectivity index (χ1) is 13.2. The highest BCUT2D eigenvalue weighted by Crippen LogP contribution is 2.48. The normalized spacial score (nSPS) is 27.6. The summed E-state index contributed by atoms with van der Waals surface area (Å²) in [6, 6.07) is 0. The third kappa shape index (κ3) is 6.56. The van der Waals surface area contributed by atoms with E-state index in [1.54, 1.807) is 11.6 Å². The number of ketones is 1. The predicted molar refractivity (Wildman–Crippen MR) is 118 cm³/mol. The van der Waals surface area contributed by atoms with Gasteiger partial charge in [-0.1, -0.05) is 57.8 Å². The third-order valence-corrected chi connectivity index (χ3v) is 6.85. The smallest absolute Gasteiger partial charge is 0.160 e. The highest BCUT2D eigenvalue weighted by atomic mass is 16.3. The summed E-state index contributed by atoms with van der Waals surface area (Å²) < 4.78 is 0. The molecule has 0 heterocycles. The summed E-state index contributed by atoms with van der Waals surface area (Å²) in [7, 11) is 4.27. The zero-order valence-electron chi connectivity index (χ0n) is 18.9. The van der Waals surface area contributed by atoms with E-state index in [0.29, 0.717) is 11.8 Å². The van der Waals surface area contributed by atoms with E-state index < -0.39 is 0 Å². The number of aliphatic hydroxyl groups excluding tert-OH is 1. The first-order valence-corrected chi connectivity index (χ1v) is 11.5. The molecule has 2 aliphatic carbocycles. The van der Waals surface area contributed by atoms with Gasteiger partial charge >= 0.3 is 0 Å². The lowest BCUT2D eigenvalue weighted by Crippen LogP contribution is -2.23. The molecule has 1 saturated carbocycles. The molecular weight excluding hydrogens is 346 g/mol. The van der Waals surface area contributed by atoms with Crippen molar-refractivity contribution in [2.24, 2.45) is 23.2 Å². The van der Waals surface area contributed by atoms with E-state index in [-0.39, 0.29) is 23.2 Å². The van der Waals surface area contributed by atoms with E-state index in [1.165, 1.54) is 32.2 Å². The molecule has 3 heteroatoms. The van der Waals surface area contributed by atoms with Crippen molar-refractivity contribution in [1.29, 1.82) is 0 Å². The van der Waals surface area contributed by atoms with E-state index >= 15 is 0 Å². The number of aliphatic hydroxyl groups is 1. The largest absolute Gasteiger partial charge is 0.392 e. The highest BCUT2D eigenvalue weighted by molar-refractivity contribution is 5.94. The maximum atomic E-state index is 12.7. The van der Waals surface area contributed by atoms with Gasteiger partial charge in [0.2, 0.25) is 0 Å². The van der Waals surface area contributed by atoms with E-state index in [0.717, 1.165) is 32.1 Å². The van der Waals surface area contributed by atoms with Gasteiger partial charge in [0.15, 0.2) is 5.78 Å². The zero-order chi connectivity index (χ0) is 20.7. The van der Waals surface area contributed by atoms with Gasteiger partial charge < -0.3 is 10.0 Å². The summed E-state index contributed by atoms with van der Waals surface area (Å²) >= 11 is 0. The Hall–Kier alpha value is -0.930. The summed E-state index contributed by atoms with van der Waals surface area (Å²) in [5.41, 5.74) is 1.29. The van der Waals surface area contributed by atoms with E-state index in [4.69, 9.17) is 0 Å². The molecule has 0 bridgehead atoms. The topological polar surface area (TPSA) is 40.5 Å². The van der Waals surface area contributed by atoms with Crippen LogP contribution in [0.1, 0.15) is 78.6 Å². The Kier molecular flexibility index (Phi) is 8.95. The second kappa shape index (κ2) is 10.7. The number of rotatable bonds is 12.